The van der Waals surface area contributed by atoms with Crippen molar-refractivity contribution in [1.82, 2.24) is 20.5 Å². The van der Waals surface area contributed by atoms with Crippen LogP contribution in [-0.4, -0.2) is 38.2 Å². The highest BCUT2D eigenvalue weighted by molar-refractivity contribution is 5.93. The highest BCUT2D eigenvalue weighted by Crippen LogP contribution is 2.26. The number of aliphatic carboxylic acids is 1. The lowest BCUT2D eigenvalue weighted by molar-refractivity contribution is -0.141. The maximum Gasteiger partial charge on any atom is 0.326 e. The van der Waals surface area contributed by atoms with Gasteiger partial charge in [-0.3, -0.25) is 9.89 Å². The van der Waals surface area contributed by atoms with Gasteiger partial charge >= 0.3 is 5.97 Å². The molecule has 1 atom stereocenters. The molecule has 2 rings (SSSR count). The average Bonchev–Trinajstić information content (AvgIpc) is 2.94. The van der Waals surface area contributed by atoms with Crippen LogP contribution in [0.15, 0.2) is 0 Å². The molecule has 7 heteroatoms. The summed E-state index contributed by atoms with van der Waals surface area (Å²) in [7, 11) is 0. The summed E-state index contributed by atoms with van der Waals surface area (Å²) in [6.07, 6.45) is 6.47. The number of amides is 1. The monoisotopic (exact) mass is 294 g/mol. The topological polar surface area (TPSA) is 108 Å². The molecule has 1 amide bonds. The molecule has 1 heterocycles. The molecule has 3 N–H and O–H groups in total. The number of hydrogen-bond acceptors (Lipinski definition) is 4. The van der Waals surface area contributed by atoms with E-state index in [4.69, 9.17) is 0 Å². The lowest BCUT2D eigenvalue weighted by atomic mass is 9.84. The molecule has 21 heavy (non-hydrogen) atoms. The third kappa shape index (κ3) is 4.03. The van der Waals surface area contributed by atoms with Gasteiger partial charge in [-0.2, -0.15) is 0 Å². The van der Waals surface area contributed by atoms with Crippen LogP contribution >= 0.6 is 0 Å². The molecule has 0 aromatic carbocycles. The van der Waals surface area contributed by atoms with E-state index in [1.165, 1.54) is 0 Å². The average molecular weight is 294 g/mol. The number of aromatic nitrogens is 3. The molecule has 0 saturated heterocycles. The zero-order valence-corrected chi connectivity index (χ0v) is 12.3. The quantitative estimate of drug-likeness (QED) is 0.737. The van der Waals surface area contributed by atoms with E-state index in [0.717, 1.165) is 38.5 Å². The van der Waals surface area contributed by atoms with Gasteiger partial charge in [0, 0.05) is 6.42 Å². The summed E-state index contributed by atoms with van der Waals surface area (Å²) in [5.41, 5.74) is 0. The van der Waals surface area contributed by atoms with Gasteiger partial charge in [-0.25, -0.2) is 9.78 Å². The van der Waals surface area contributed by atoms with Gasteiger partial charge in [-0.1, -0.05) is 26.2 Å². The van der Waals surface area contributed by atoms with Crippen LogP contribution in [0.3, 0.4) is 0 Å². The Kier molecular flexibility index (Phi) is 5.30. The van der Waals surface area contributed by atoms with Crippen LogP contribution in [0, 0.1) is 5.92 Å². The van der Waals surface area contributed by atoms with Crippen LogP contribution in [0.2, 0.25) is 0 Å². The zero-order valence-electron chi connectivity index (χ0n) is 12.3. The minimum Gasteiger partial charge on any atom is -0.480 e. The summed E-state index contributed by atoms with van der Waals surface area (Å²) in [6, 6.07) is -0.856. The van der Waals surface area contributed by atoms with E-state index in [1.54, 1.807) is 0 Å². The number of carboxylic acid groups (broad SMARTS) is 1. The molecule has 1 unspecified atom stereocenters. The molecule has 0 bridgehead atoms. The van der Waals surface area contributed by atoms with Crippen molar-refractivity contribution in [3.05, 3.63) is 11.6 Å². The largest absolute Gasteiger partial charge is 0.480 e. The normalized spacial score (nSPS) is 17.4. The van der Waals surface area contributed by atoms with E-state index in [-0.39, 0.29) is 11.7 Å². The number of H-pyrrole nitrogens is 1. The first kappa shape index (κ1) is 15.5. The smallest absolute Gasteiger partial charge is 0.326 e. The number of nitrogens with one attached hydrogen (secondary N) is 2. The third-order valence-corrected chi connectivity index (χ3v) is 3.90. The summed E-state index contributed by atoms with van der Waals surface area (Å²) in [4.78, 5) is 27.6. The lowest BCUT2D eigenvalue weighted by Gasteiger charge is -2.27. The van der Waals surface area contributed by atoms with Crippen molar-refractivity contribution < 1.29 is 14.7 Å². The van der Waals surface area contributed by atoms with Crippen LogP contribution in [-0.2, 0) is 11.2 Å². The number of carboxylic acids is 1. The van der Waals surface area contributed by atoms with Gasteiger partial charge in [0.1, 0.15) is 11.9 Å². The maximum atomic E-state index is 12.1. The Morgan fingerprint density at radius 3 is 2.71 bits per heavy atom. The van der Waals surface area contributed by atoms with Crippen LogP contribution in [0.4, 0.5) is 0 Å². The van der Waals surface area contributed by atoms with E-state index in [0.29, 0.717) is 12.2 Å². The molecule has 1 saturated carbocycles. The van der Waals surface area contributed by atoms with Gasteiger partial charge in [0.15, 0.2) is 0 Å². The van der Waals surface area contributed by atoms with Crippen LogP contribution in [0.1, 0.15) is 61.9 Å². The molecular weight excluding hydrogens is 272 g/mol. The molecule has 116 valence electrons. The highest BCUT2D eigenvalue weighted by Gasteiger charge is 2.31. The number of carbonyl (C=O) groups is 2. The van der Waals surface area contributed by atoms with Crippen molar-refractivity contribution in [2.75, 3.05) is 0 Å². The third-order valence-electron chi connectivity index (χ3n) is 3.90. The summed E-state index contributed by atoms with van der Waals surface area (Å²) < 4.78 is 0. The molecule has 1 aromatic heterocycles. The number of aromatic amines is 1. The van der Waals surface area contributed by atoms with Crippen LogP contribution < -0.4 is 5.32 Å². The fourth-order valence-corrected chi connectivity index (χ4v) is 2.80. The molecule has 1 aliphatic carbocycles. The second kappa shape index (κ2) is 7.19. The van der Waals surface area contributed by atoms with E-state index in [9.17, 15) is 14.7 Å². The second-order valence-electron chi connectivity index (χ2n) is 5.54. The molecule has 0 spiro atoms. The molecule has 1 aromatic rings. The molecular formula is C14H22N4O3. The Balaban J connectivity index is 2.01. The lowest BCUT2D eigenvalue weighted by Crippen LogP contribution is -2.46. The fourth-order valence-electron chi connectivity index (χ4n) is 2.80. The van der Waals surface area contributed by atoms with Crippen molar-refractivity contribution >= 4 is 11.9 Å². The van der Waals surface area contributed by atoms with Gasteiger partial charge in [-0.05, 0) is 25.2 Å². The first-order chi connectivity index (χ1) is 10.1. The second-order valence-corrected chi connectivity index (χ2v) is 5.54. The minimum atomic E-state index is -0.987. The summed E-state index contributed by atoms with van der Waals surface area (Å²) in [6.45, 7) is 2.01. The first-order valence-electron chi connectivity index (χ1n) is 7.56. The summed E-state index contributed by atoms with van der Waals surface area (Å²) in [5.74, 6) is -0.854. The zero-order chi connectivity index (χ0) is 15.2. The number of nitrogens with zero attached hydrogens (tertiary/aromatic N) is 2. The molecule has 1 aliphatic rings. The van der Waals surface area contributed by atoms with E-state index in [1.807, 2.05) is 6.92 Å². The Morgan fingerprint density at radius 1 is 1.38 bits per heavy atom. The van der Waals surface area contributed by atoms with E-state index in [2.05, 4.69) is 20.5 Å². The molecule has 0 radical (unpaired) electrons. The van der Waals surface area contributed by atoms with Gasteiger partial charge in [0.25, 0.3) is 5.91 Å². The Morgan fingerprint density at radius 2 is 2.10 bits per heavy atom. The van der Waals surface area contributed by atoms with E-state index < -0.39 is 17.9 Å². The summed E-state index contributed by atoms with van der Waals surface area (Å²) >= 11 is 0. The van der Waals surface area contributed by atoms with Crippen molar-refractivity contribution in [1.29, 1.82) is 0 Å². The van der Waals surface area contributed by atoms with Crippen LogP contribution in [0.25, 0.3) is 0 Å². The predicted octanol–water partition coefficient (Wildman–Crippen LogP) is 1.52. The number of carbonyl (C=O) groups excluding carboxylic acids is 1. The summed E-state index contributed by atoms with van der Waals surface area (Å²) in [5, 5.41) is 18.5. The highest BCUT2D eigenvalue weighted by atomic mass is 16.4. The first-order valence-corrected chi connectivity index (χ1v) is 7.56. The van der Waals surface area contributed by atoms with Gasteiger partial charge < -0.3 is 10.4 Å². The Hall–Kier alpha value is -1.92. The molecule has 7 nitrogen and oxygen atoms in total. The number of rotatable bonds is 6. The maximum absolute atomic E-state index is 12.1. The van der Waals surface area contributed by atoms with Crippen molar-refractivity contribution in [3.8, 4) is 0 Å². The fraction of sp³-hybridized carbons (Fsp3) is 0.714. The molecule has 1 fully saturated rings. The van der Waals surface area contributed by atoms with Gasteiger partial charge in [0.05, 0.1) is 0 Å². The number of aryl methyl sites for hydroxylation is 1. The van der Waals surface area contributed by atoms with Gasteiger partial charge in [-0.15, -0.1) is 5.10 Å². The van der Waals surface area contributed by atoms with Crippen molar-refractivity contribution in [3.63, 3.8) is 0 Å². The predicted molar refractivity (Wildman–Crippen MR) is 75.8 cm³/mol. The van der Waals surface area contributed by atoms with Crippen molar-refractivity contribution in [2.24, 2.45) is 5.92 Å². The standard InChI is InChI=1S/C14H22N4O3/c1-2-6-10-15-12(18-17-10)13(19)16-11(14(20)21)9-7-4-3-5-8-9/h9,11H,2-8H2,1H3,(H,16,19)(H,20,21)(H,15,17,18). The van der Waals surface area contributed by atoms with Crippen molar-refractivity contribution in [2.45, 2.75) is 57.9 Å². The molecule has 0 aliphatic heterocycles. The Bertz CT molecular complexity index is 494. The van der Waals surface area contributed by atoms with Crippen LogP contribution in [0.5, 0.6) is 0 Å². The minimum absolute atomic E-state index is 0.00532. The SMILES string of the molecule is CCCc1nc(C(=O)NC(C(=O)O)C2CCCCC2)n[nH]1. The van der Waals surface area contributed by atoms with Gasteiger partial charge in [0.2, 0.25) is 5.82 Å². The Labute approximate surface area is 123 Å². The number of hydrogen-bond donors (Lipinski definition) is 3. The van der Waals surface area contributed by atoms with E-state index >= 15 is 0 Å².